The molecule has 1 aromatic carbocycles. The molecule has 5 heteroatoms. The Kier molecular flexibility index (Phi) is 8.51. The van der Waals surface area contributed by atoms with Crippen LogP contribution >= 0.6 is 11.6 Å². The highest BCUT2D eigenvalue weighted by atomic mass is 35.5. The number of para-hydroxylation sites is 1. The molecule has 4 nitrogen and oxygen atoms in total. The number of hydrogen-bond acceptors (Lipinski definition) is 3. The summed E-state index contributed by atoms with van der Waals surface area (Å²) in [5.41, 5.74) is 0.403. The number of ether oxygens (including phenoxy) is 1. The van der Waals surface area contributed by atoms with Crippen molar-refractivity contribution in [2.45, 2.75) is 45.4 Å². The highest BCUT2D eigenvalue weighted by Crippen LogP contribution is 2.20. The molecule has 0 heterocycles. The summed E-state index contributed by atoms with van der Waals surface area (Å²) in [4.78, 5) is 23.1. The highest BCUT2D eigenvalue weighted by molar-refractivity contribution is 6.39. The lowest BCUT2D eigenvalue weighted by atomic mass is 10.1. The summed E-state index contributed by atoms with van der Waals surface area (Å²) in [6.45, 7) is 2.44. The number of unbranched alkanes of at least 4 members (excludes halogenated alkanes) is 5. The van der Waals surface area contributed by atoms with E-state index in [1.807, 2.05) is 0 Å². The number of anilines is 1. The van der Waals surface area contributed by atoms with E-state index < -0.39 is 11.9 Å². The van der Waals surface area contributed by atoms with Crippen LogP contribution in [0.5, 0.6) is 0 Å². The Morgan fingerprint density at radius 3 is 2.48 bits per heavy atom. The average Bonchev–Trinajstić information content (AvgIpc) is 2.48. The molecule has 0 aliphatic carbocycles. The van der Waals surface area contributed by atoms with E-state index in [-0.39, 0.29) is 6.61 Å². The van der Waals surface area contributed by atoms with Gasteiger partial charge in [0.25, 0.3) is 0 Å². The minimum atomic E-state index is -0.872. The summed E-state index contributed by atoms with van der Waals surface area (Å²) in [6, 6.07) is 6.73. The third-order valence-electron chi connectivity index (χ3n) is 3.04. The van der Waals surface area contributed by atoms with Gasteiger partial charge >= 0.3 is 11.9 Å². The third-order valence-corrected chi connectivity index (χ3v) is 3.37. The summed E-state index contributed by atoms with van der Waals surface area (Å²) < 4.78 is 4.93. The van der Waals surface area contributed by atoms with E-state index in [0.717, 1.165) is 19.3 Å². The molecule has 0 fully saturated rings. The van der Waals surface area contributed by atoms with Gasteiger partial charge in [0.05, 0.1) is 17.3 Å². The average molecular weight is 312 g/mol. The van der Waals surface area contributed by atoms with E-state index in [0.29, 0.717) is 10.7 Å². The Bertz CT molecular complexity index is 463. The molecule has 0 aromatic heterocycles. The maximum absolute atomic E-state index is 11.6. The van der Waals surface area contributed by atoms with Crippen molar-refractivity contribution >= 4 is 29.2 Å². The second-order valence-corrected chi connectivity index (χ2v) is 5.24. The smallest absolute Gasteiger partial charge is 0.397 e. The maximum atomic E-state index is 11.6. The predicted molar refractivity (Wildman–Crippen MR) is 84.4 cm³/mol. The number of nitrogens with one attached hydrogen (secondary N) is 1. The largest absolute Gasteiger partial charge is 0.459 e. The van der Waals surface area contributed by atoms with Crippen molar-refractivity contribution < 1.29 is 14.3 Å². The van der Waals surface area contributed by atoms with Crippen LogP contribution < -0.4 is 5.32 Å². The van der Waals surface area contributed by atoms with E-state index >= 15 is 0 Å². The molecule has 0 aliphatic rings. The van der Waals surface area contributed by atoms with E-state index in [1.165, 1.54) is 19.3 Å². The van der Waals surface area contributed by atoms with Crippen molar-refractivity contribution in [1.82, 2.24) is 0 Å². The molecular formula is C16H22ClNO3. The molecular weight excluding hydrogens is 290 g/mol. The van der Waals surface area contributed by atoms with Gasteiger partial charge in [0.2, 0.25) is 0 Å². The van der Waals surface area contributed by atoms with E-state index in [4.69, 9.17) is 16.3 Å². The molecule has 0 spiro atoms. The van der Waals surface area contributed by atoms with Crippen LogP contribution in [0.2, 0.25) is 5.02 Å². The Morgan fingerprint density at radius 1 is 1.10 bits per heavy atom. The number of amides is 1. The van der Waals surface area contributed by atoms with Gasteiger partial charge in [-0.15, -0.1) is 0 Å². The first kappa shape index (κ1) is 17.5. The zero-order valence-corrected chi connectivity index (χ0v) is 13.1. The lowest BCUT2D eigenvalue weighted by molar-refractivity contribution is -0.152. The molecule has 21 heavy (non-hydrogen) atoms. The van der Waals surface area contributed by atoms with Crippen molar-refractivity contribution in [3.8, 4) is 0 Å². The highest BCUT2D eigenvalue weighted by Gasteiger charge is 2.16. The Labute approximate surface area is 130 Å². The second-order valence-electron chi connectivity index (χ2n) is 4.84. The molecule has 0 unspecified atom stereocenters. The topological polar surface area (TPSA) is 55.4 Å². The van der Waals surface area contributed by atoms with Gasteiger partial charge in [-0.1, -0.05) is 62.8 Å². The zero-order valence-electron chi connectivity index (χ0n) is 12.4. The quantitative estimate of drug-likeness (QED) is 0.445. The second kappa shape index (κ2) is 10.2. The first-order chi connectivity index (χ1) is 10.1. The maximum Gasteiger partial charge on any atom is 0.397 e. The van der Waals surface area contributed by atoms with Crippen LogP contribution in [0.25, 0.3) is 0 Å². The van der Waals surface area contributed by atoms with Crippen molar-refractivity contribution in [1.29, 1.82) is 0 Å². The molecule has 0 saturated carbocycles. The van der Waals surface area contributed by atoms with Crippen LogP contribution in [0.15, 0.2) is 24.3 Å². The normalized spacial score (nSPS) is 10.2. The van der Waals surface area contributed by atoms with Crippen LogP contribution in [0.3, 0.4) is 0 Å². The molecule has 1 rings (SSSR count). The number of carbonyl (C=O) groups excluding carboxylic acids is 2. The monoisotopic (exact) mass is 311 g/mol. The molecule has 1 N–H and O–H groups in total. The van der Waals surface area contributed by atoms with E-state index in [9.17, 15) is 9.59 Å². The van der Waals surface area contributed by atoms with E-state index in [2.05, 4.69) is 12.2 Å². The number of carbonyl (C=O) groups is 2. The van der Waals surface area contributed by atoms with Crippen molar-refractivity contribution in [2.75, 3.05) is 11.9 Å². The number of esters is 1. The minimum Gasteiger partial charge on any atom is -0.459 e. The fourth-order valence-corrected chi connectivity index (χ4v) is 2.03. The van der Waals surface area contributed by atoms with Gasteiger partial charge in [0.15, 0.2) is 0 Å². The van der Waals surface area contributed by atoms with Gasteiger partial charge < -0.3 is 10.1 Å². The molecule has 116 valence electrons. The molecule has 0 aliphatic heterocycles. The summed E-state index contributed by atoms with van der Waals surface area (Å²) in [7, 11) is 0. The molecule has 0 saturated heterocycles. The van der Waals surface area contributed by atoms with Gasteiger partial charge in [-0.25, -0.2) is 4.79 Å². The van der Waals surface area contributed by atoms with Gasteiger partial charge in [0, 0.05) is 0 Å². The molecule has 1 amide bonds. The number of halogens is 1. The number of benzene rings is 1. The molecule has 1 aromatic rings. The summed E-state index contributed by atoms with van der Waals surface area (Å²) in [5, 5.41) is 2.82. The summed E-state index contributed by atoms with van der Waals surface area (Å²) in [5.74, 6) is -1.67. The van der Waals surface area contributed by atoms with Crippen LogP contribution in [0.1, 0.15) is 45.4 Å². The SMILES string of the molecule is CCCCCCCCOC(=O)C(=O)Nc1ccccc1Cl. The summed E-state index contributed by atoms with van der Waals surface area (Å²) >= 11 is 5.89. The van der Waals surface area contributed by atoms with Crippen molar-refractivity contribution in [3.05, 3.63) is 29.3 Å². The van der Waals surface area contributed by atoms with E-state index in [1.54, 1.807) is 24.3 Å². The molecule has 0 bridgehead atoms. The van der Waals surface area contributed by atoms with Crippen molar-refractivity contribution in [2.24, 2.45) is 0 Å². The Balaban J connectivity index is 2.20. The lowest BCUT2D eigenvalue weighted by Gasteiger charge is -2.07. The van der Waals surface area contributed by atoms with Gasteiger partial charge in [-0.3, -0.25) is 4.79 Å². The van der Waals surface area contributed by atoms with Gasteiger partial charge in [-0.05, 0) is 18.6 Å². The fourth-order valence-electron chi connectivity index (χ4n) is 1.85. The van der Waals surface area contributed by atoms with Gasteiger partial charge in [0.1, 0.15) is 0 Å². The van der Waals surface area contributed by atoms with Crippen LogP contribution in [-0.2, 0) is 14.3 Å². The Morgan fingerprint density at radius 2 is 1.76 bits per heavy atom. The van der Waals surface area contributed by atoms with Crippen LogP contribution in [0.4, 0.5) is 5.69 Å². The lowest BCUT2D eigenvalue weighted by Crippen LogP contribution is -2.25. The fraction of sp³-hybridized carbons (Fsp3) is 0.500. The van der Waals surface area contributed by atoms with Crippen molar-refractivity contribution in [3.63, 3.8) is 0 Å². The predicted octanol–water partition coefficient (Wildman–Crippen LogP) is 4.18. The zero-order chi connectivity index (χ0) is 15.5. The molecule has 0 atom stereocenters. The number of hydrogen-bond donors (Lipinski definition) is 1. The van der Waals surface area contributed by atoms with Crippen LogP contribution in [0, 0.1) is 0 Å². The summed E-state index contributed by atoms with van der Waals surface area (Å²) in [6.07, 6.45) is 6.58. The standard InChI is InChI=1S/C16H22ClNO3/c1-2-3-4-5-6-9-12-21-16(20)15(19)18-14-11-8-7-10-13(14)17/h7-8,10-11H,2-6,9,12H2,1H3,(H,18,19). The molecule has 0 radical (unpaired) electrons. The third kappa shape index (κ3) is 7.14. The van der Waals surface area contributed by atoms with Gasteiger partial charge in [-0.2, -0.15) is 0 Å². The number of rotatable bonds is 8. The first-order valence-corrected chi connectivity index (χ1v) is 7.75. The Hall–Kier alpha value is -1.55. The van der Waals surface area contributed by atoms with Crippen LogP contribution in [-0.4, -0.2) is 18.5 Å². The first-order valence-electron chi connectivity index (χ1n) is 7.37. The minimum absolute atomic E-state index is 0.279.